The summed E-state index contributed by atoms with van der Waals surface area (Å²) in [5.74, 6) is 0.775. The van der Waals surface area contributed by atoms with Gasteiger partial charge in [-0.3, -0.25) is 4.79 Å². The van der Waals surface area contributed by atoms with Gasteiger partial charge in [0.1, 0.15) is 0 Å². The number of piperidine rings is 1. The number of likely N-dealkylation sites (tertiary alicyclic amines) is 1. The van der Waals surface area contributed by atoms with Crippen LogP contribution < -0.4 is 5.73 Å². The van der Waals surface area contributed by atoms with Crippen molar-refractivity contribution in [2.45, 2.75) is 51.0 Å². The second-order valence-electron chi connectivity index (χ2n) is 7.42. The Balaban J connectivity index is 1.72. The number of nitrogen functional groups attached to an aromatic ring is 1. The van der Waals surface area contributed by atoms with Crippen molar-refractivity contribution in [2.75, 3.05) is 12.3 Å². The normalized spacial score (nSPS) is 21.1. The molecule has 5 heteroatoms. The molecule has 26 heavy (non-hydrogen) atoms. The third kappa shape index (κ3) is 3.30. The molecule has 1 aliphatic heterocycles. The molecular weight excluding hydrogens is 324 g/mol. The molecular formula is C21H26N4O. The third-order valence-corrected chi connectivity index (χ3v) is 5.73. The van der Waals surface area contributed by atoms with Crippen LogP contribution in [-0.4, -0.2) is 27.3 Å². The largest absolute Gasteiger partial charge is 0.368 e. The quantitative estimate of drug-likeness (QED) is 0.909. The van der Waals surface area contributed by atoms with Crippen LogP contribution in [0.1, 0.15) is 56.7 Å². The topological polar surface area (TPSA) is 72.1 Å². The van der Waals surface area contributed by atoms with Crippen LogP contribution in [0.25, 0.3) is 11.1 Å². The van der Waals surface area contributed by atoms with Gasteiger partial charge in [0.15, 0.2) is 0 Å². The first-order chi connectivity index (χ1) is 12.7. The summed E-state index contributed by atoms with van der Waals surface area (Å²) in [6.45, 7) is 0.818. The van der Waals surface area contributed by atoms with Gasteiger partial charge in [-0.05, 0) is 37.7 Å². The zero-order chi connectivity index (χ0) is 17.9. The second kappa shape index (κ2) is 7.44. The van der Waals surface area contributed by atoms with Crippen molar-refractivity contribution >= 4 is 11.9 Å². The maximum absolute atomic E-state index is 13.2. The average Bonchev–Trinajstić information content (AvgIpc) is 3.23. The highest BCUT2D eigenvalue weighted by molar-refractivity contribution is 5.80. The first kappa shape index (κ1) is 17.0. The molecule has 2 heterocycles. The van der Waals surface area contributed by atoms with Crippen LogP contribution in [-0.2, 0) is 4.79 Å². The van der Waals surface area contributed by atoms with Gasteiger partial charge >= 0.3 is 0 Å². The lowest BCUT2D eigenvalue weighted by Crippen LogP contribution is -2.42. The van der Waals surface area contributed by atoms with Crippen molar-refractivity contribution in [3.05, 3.63) is 42.2 Å². The van der Waals surface area contributed by atoms with E-state index in [1.165, 1.54) is 12.8 Å². The summed E-state index contributed by atoms with van der Waals surface area (Å²) in [5, 5.41) is 0. The van der Waals surface area contributed by atoms with Gasteiger partial charge in [0.2, 0.25) is 11.9 Å². The Morgan fingerprint density at radius 1 is 1.04 bits per heavy atom. The minimum absolute atomic E-state index is 0.00245. The molecule has 1 aliphatic carbocycles. The summed E-state index contributed by atoms with van der Waals surface area (Å²) >= 11 is 0. The fraction of sp³-hybridized carbons (Fsp3) is 0.476. The summed E-state index contributed by atoms with van der Waals surface area (Å²) in [6.07, 6.45) is 9.32. The molecule has 1 saturated carbocycles. The summed E-state index contributed by atoms with van der Waals surface area (Å²) < 4.78 is 0. The van der Waals surface area contributed by atoms with E-state index < -0.39 is 0 Å². The highest BCUT2D eigenvalue weighted by atomic mass is 16.2. The van der Waals surface area contributed by atoms with Gasteiger partial charge in [0, 0.05) is 24.2 Å². The Morgan fingerprint density at radius 2 is 1.77 bits per heavy atom. The number of nitrogens with two attached hydrogens (primary N) is 1. The number of amides is 1. The van der Waals surface area contributed by atoms with Gasteiger partial charge < -0.3 is 10.6 Å². The lowest BCUT2D eigenvalue weighted by molar-refractivity contribution is -0.139. The summed E-state index contributed by atoms with van der Waals surface area (Å²) in [5.41, 5.74) is 8.88. The van der Waals surface area contributed by atoms with Crippen molar-refractivity contribution in [3.63, 3.8) is 0 Å². The van der Waals surface area contributed by atoms with Crippen LogP contribution in [0.2, 0.25) is 0 Å². The molecule has 0 spiro atoms. The van der Waals surface area contributed by atoms with Crippen molar-refractivity contribution in [1.29, 1.82) is 0 Å². The zero-order valence-electron chi connectivity index (χ0n) is 15.1. The van der Waals surface area contributed by atoms with Crippen LogP contribution >= 0.6 is 0 Å². The van der Waals surface area contributed by atoms with Crippen molar-refractivity contribution in [2.24, 2.45) is 5.92 Å². The number of anilines is 1. The number of hydrogen-bond acceptors (Lipinski definition) is 4. The van der Waals surface area contributed by atoms with Gasteiger partial charge in [-0.25, -0.2) is 9.97 Å². The molecule has 136 valence electrons. The van der Waals surface area contributed by atoms with E-state index in [0.717, 1.165) is 55.5 Å². The molecule has 2 N–H and O–H groups in total. The molecule has 0 unspecified atom stereocenters. The van der Waals surface area contributed by atoms with E-state index >= 15 is 0 Å². The molecule has 1 aromatic carbocycles. The number of carbonyl (C=O) groups excluding carboxylic acids is 1. The highest BCUT2D eigenvalue weighted by Crippen LogP contribution is 2.38. The Kier molecular flexibility index (Phi) is 4.87. The van der Waals surface area contributed by atoms with Crippen molar-refractivity contribution in [3.8, 4) is 11.1 Å². The smallest absolute Gasteiger partial charge is 0.226 e. The Bertz CT molecular complexity index is 771. The van der Waals surface area contributed by atoms with Crippen LogP contribution in [0.4, 0.5) is 5.95 Å². The van der Waals surface area contributed by atoms with Gasteiger partial charge in [0.05, 0.1) is 11.7 Å². The predicted molar refractivity (Wildman–Crippen MR) is 102 cm³/mol. The molecule has 1 atom stereocenters. The molecule has 2 aromatic rings. The van der Waals surface area contributed by atoms with Gasteiger partial charge in [-0.2, -0.15) is 0 Å². The number of nitrogens with zero attached hydrogens (tertiary/aromatic N) is 3. The Hall–Kier alpha value is -2.43. The van der Waals surface area contributed by atoms with Crippen LogP contribution in [0.5, 0.6) is 0 Å². The SMILES string of the molecule is Nc1ncc(-c2ccccc2)c([C@H]2CCCCN2C(=O)C2CCCC2)n1. The maximum Gasteiger partial charge on any atom is 0.226 e. The van der Waals surface area contributed by atoms with E-state index in [-0.39, 0.29) is 17.9 Å². The molecule has 1 amide bonds. The highest BCUT2D eigenvalue weighted by Gasteiger charge is 2.35. The third-order valence-electron chi connectivity index (χ3n) is 5.73. The lowest BCUT2D eigenvalue weighted by atomic mass is 9.92. The van der Waals surface area contributed by atoms with Crippen LogP contribution in [0.3, 0.4) is 0 Å². The van der Waals surface area contributed by atoms with E-state index in [4.69, 9.17) is 5.73 Å². The molecule has 1 saturated heterocycles. The van der Waals surface area contributed by atoms with Crippen molar-refractivity contribution < 1.29 is 4.79 Å². The fourth-order valence-electron chi connectivity index (χ4n) is 4.39. The lowest BCUT2D eigenvalue weighted by Gasteiger charge is -2.37. The molecule has 1 aromatic heterocycles. The number of rotatable bonds is 3. The minimum Gasteiger partial charge on any atom is -0.368 e. The molecule has 0 radical (unpaired) electrons. The number of aromatic nitrogens is 2. The Morgan fingerprint density at radius 3 is 2.54 bits per heavy atom. The van der Waals surface area contributed by atoms with Crippen LogP contribution in [0, 0.1) is 5.92 Å². The molecule has 0 bridgehead atoms. The second-order valence-corrected chi connectivity index (χ2v) is 7.42. The summed E-state index contributed by atoms with van der Waals surface area (Å²) in [4.78, 5) is 24.1. The summed E-state index contributed by atoms with van der Waals surface area (Å²) in [6, 6.07) is 10.1. The number of benzene rings is 1. The first-order valence-corrected chi connectivity index (χ1v) is 9.72. The first-order valence-electron chi connectivity index (χ1n) is 9.72. The number of hydrogen-bond donors (Lipinski definition) is 1. The molecule has 2 fully saturated rings. The minimum atomic E-state index is -0.00245. The standard InChI is InChI=1S/C21H26N4O/c22-21-23-14-17(15-8-2-1-3-9-15)19(24-21)18-12-6-7-13-25(18)20(26)16-10-4-5-11-16/h1-3,8-9,14,16,18H,4-7,10-13H2,(H2,22,23,24)/t18-/m1/s1. The summed E-state index contributed by atoms with van der Waals surface area (Å²) in [7, 11) is 0. The van der Waals surface area contributed by atoms with E-state index in [9.17, 15) is 4.79 Å². The molecule has 5 nitrogen and oxygen atoms in total. The van der Waals surface area contributed by atoms with E-state index in [1.807, 2.05) is 18.2 Å². The zero-order valence-corrected chi connectivity index (χ0v) is 15.1. The molecule has 4 rings (SSSR count). The maximum atomic E-state index is 13.2. The van der Waals surface area contributed by atoms with E-state index in [1.54, 1.807) is 6.20 Å². The van der Waals surface area contributed by atoms with Gasteiger partial charge in [-0.15, -0.1) is 0 Å². The van der Waals surface area contributed by atoms with Gasteiger partial charge in [-0.1, -0.05) is 43.2 Å². The van der Waals surface area contributed by atoms with Crippen LogP contribution in [0.15, 0.2) is 36.5 Å². The predicted octanol–water partition coefficient (Wildman–Crippen LogP) is 3.97. The van der Waals surface area contributed by atoms with E-state index in [2.05, 4.69) is 27.0 Å². The number of carbonyl (C=O) groups is 1. The average molecular weight is 350 g/mol. The van der Waals surface area contributed by atoms with E-state index in [0.29, 0.717) is 5.91 Å². The van der Waals surface area contributed by atoms with Crippen molar-refractivity contribution in [1.82, 2.24) is 14.9 Å². The monoisotopic (exact) mass is 350 g/mol. The van der Waals surface area contributed by atoms with Gasteiger partial charge in [0.25, 0.3) is 0 Å². The molecule has 2 aliphatic rings. The Labute approximate surface area is 154 Å². The fourth-order valence-corrected chi connectivity index (χ4v) is 4.39.